The van der Waals surface area contributed by atoms with Crippen LogP contribution in [0, 0.1) is 0 Å². The van der Waals surface area contributed by atoms with Gasteiger partial charge in [0, 0.05) is 6.54 Å². The van der Waals surface area contributed by atoms with E-state index in [1.807, 2.05) is 42.5 Å². The molecule has 1 aliphatic heterocycles. The number of hydroxylamine groups is 2. The molecule has 1 heterocycles. The summed E-state index contributed by atoms with van der Waals surface area (Å²) >= 11 is 0. The number of esters is 1. The lowest BCUT2D eigenvalue weighted by atomic mass is 9.97. The molecule has 1 N–H and O–H groups in total. The van der Waals surface area contributed by atoms with Crippen LogP contribution in [0.25, 0.3) is 10.8 Å². The number of benzene rings is 2. The smallest absolute Gasteiger partial charge is 0.341 e. The number of aliphatic carboxylic acids is 1. The maximum atomic E-state index is 12.7. The van der Waals surface area contributed by atoms with Gasteiger partial charge in [0.1, 0.15) is 5.60 Å². The van der Waals surface area contributed by atoms with E-state index in [2.05, 4.69) is 0 Å². The van der Waals surface area contributed by atoms with Gasteiger partial charge in [-0.1, -0.05) is 36.4 Å². The normalized spacial score (nSPS) is 20.7. The number of carbonyl (C=O) groups excluding carboxylic acids is 1. The highest BCUT2D eigenvalue weighted by atomic mass is 16.7. The summed E-state index contributed by atoms with van der Waals surface area (Å²) in [6.07, 6.45) is 0.707. The number of ether oxygens (including phenoxy) is 1. The Morgan fingerprint density at radius 2 is 1.85 bits per heavy atom. The van der Waals surface area contributed by atoms with Crippen LogP contribution in [0.3, 0.4) is 0 Å². The lowest BCUT2D eigenvalue weighted by Crippen LogP contribution is -2.58. The first-order chi connectivity index (χ1) is 12.7. The van der Waals surface area contributed by atoms with Gasteiger partial charge in [-0.05, 0) is 56.0 Å². The van der Waals surface area contributed by atoms with Gasteiger partial charge in [-0.3, -0.25) is 4.84 Å². The molecule has 1 unspecified atom stereocenters. The van der Waals surface area contributed by atoms with Crippen LogP contribution in [0.15, 0.2) is 42.5 Å². The minimum atomic E-state index is -1.80. The number of nitrogens with zero attached hydrogens (tertiary/aromatic N) is 1. The van der Waals surface area contributed by atoms with Crippen LogP contribution < -0.4 is 0 Å². The zero-order valence-electron chi connectivity index (χ0n) is 15.9. The molecule has 27 heavy (non-hydrogen) atoms. The van der Waals surface area contributed by atoms with Gasteiger partial charge in [0.25, 0.3) is 0 Å². The SMILES string of the molecule is CC(C)(C)OC(=O)C1(C(=O)O)CCCN1OCc1ccc2ccccc2c1. The fourth-order valence-corrected chi connectivity index (χ4v) is 3.32. The van der Waals surface area contributed by atoms with E-state index in [4.69, 9.17) is 9.57 Å². The molecule has 0 spiro atoms. The molecule has 144 valence electrons. The highest BCUT2D eigenvalue weighted by Crippen LogP contribution is 2.33. The Morgan fingerprint density at radius 3 is 2.52 bits per heavy atom. The van der Waals surface area contributed by atoms with Crippen molar-refractivity contribution < 1.29 is 24.3 Å². The molecule has 3 rings (SSSR count). The zero-order valence-corrected chi connectivity index (χ0v) is 15.9. The summed E-state index contributed by atoms with van der Waals surface area (Å²) in [6, 6.07) is 13.9. The molecule has 6 heteroatoms. The molecule has 2 aromatic rings. The van der Waals surface area contributed by atoms with E-state index in [1.165, 1.54) is 5.06 Å². The van der Waals surface area contributed by atoms with Crippen molar-refractivity contribution in [1.29, 1.82) is 0 Å². The van der Waals surface area contributed by atoms with Crippen molar-refractivity contribution in [2.45, 2.75) is 51.4 Å². The van der Waals surface area contributed by atoms with Gasteiger partial charge in [-0.15, -0.1) is 0 Å². The predicted molar refractivity (Wildman–Crippen MR) is 101 cm³/mol. The summed E-state index contributed by atoms with van der Waals surface area (Å²) in [4.78, 5) is 30.5. The first kappa shape index (κ1) is 19.3. The van der Waals surface area contributed by atoms with Gasteiger partial charge in [-0.2, -0.15) is 5.06 Å². The summed E-state index contributed by atoms with van der Waals surface area (Å²) in [5.41, 5.74) is -1.67. The minimum Gasteiger partial charge on any atom is -0.479 e. The van der Waals surface area contributed by atoms with E-state index >= 15 is 0 Å². The van der Waals surface area contributed by atoms with Crippen molar-refractivity contribution in [3.05, 3.63) is 48.0 Å². The van der Waals surface area contributed by atoms with Crippen LogP contribution in [-0.4, -0.2) is 39.8 Å². The highest BCUT2D eigenvalue weighted by molar-refractivity contribution is 6.04. The van der Waals surface area contributed by atoms with Gasteiger partial charge < -0.3 is 9.84 Å². The Morgan fingerprint density at radius 1 is 1.15 bits per heavy atom. The summed E-state index contributed by atoms with van der Waals surface area (Å²) in [6.45, 7) is 5.70. The predicted octanol–water partition coefficient (Wildman–Crippen LogP) is 3.53. The largest absolute Gasteiger partial charge is 0.479 e. The number of carboxylic acid groups (broad SMARTS) is 1. The Balaban J connectivity index is 1.79. The number of fused-ring (bicyclic) bond motifs is 1. The first-order valence-electron chi connectivity index (χ1n) is 9.07. The second-order valence-electron chi connectivity index (χ2n) is 7.83. The number of hydrogen-bond acceptors (Lipinski definition) is 5. The molecule has 0 bridgehead atoms. The fraction of sp³-hybridized carbons (Fsp3) is 0.429. The van der Waals surface area contributed by atoms with Gasteiger partial charge in [0.05, 0.1) is 6.61 Å². The molecule has 1 saturated heterocycles. The van der Waals surface area contributed by atoms with E-state index < -0.39 is 23.1 Å². The van der Waals surface area contributed by atoms with Crippen LogP contribution in [0.4, 0.5) is 0 Å². The third-order valence-corrected chi connectivity index (χ3v) is 4.62. The second kappa shape index (κ2) is 7.29. The van der Waals surface area contributed by atoms with E-state index in [9.17, 15) is 14.7 Å². The van der Waals surface area contributed by atoms with E-state index in [1.54, 1.807) is 20.8 Å². The molecule has 2 aromatic carbocycles. The van der Waals surface area contributed by atoms with Crippen molar-refractivity contribution in [1.82, 2.24) is 5.06 Å². The van der Waals surface area contributed by atoms with Crippen LogP contribution in [0.1, 0.15) is 39.2 Å². The molecule has 6 nitrogen and oxygen atoms in total. The van der Waals surface area contributed by atoms with Crippen molar-refractivity contribution in [2.24, 2.45) is 0 Å². The van der Waals surface area contributed by atoms with Crippen LogP contribution in [0.2, 0.25) is 0 Å². The Kier molecular flexibility index (Phi) is 5.22. The maximum absolute atomic E-state index is 12.7. The molecule has 1 fully saturated rings. The standard InChI is InChI=1S/C21H25NO5/c1-20(2,3)27-19(25)21(18(23)24)11-6-12-22(21)26-14-15-9-10-16-7-4-5-8-17(16)13-15/h4-5,7-10,13H,6,11-12,14H2,1-3H3,(H,23,24). The van der Waals surface area contributed by atoms with Crippen LogP contribution >= 0.6 is 0 Å². The first-order valence-corrected chi connectivity index (χ1v) is 9.07. The average Bonchev–Trinajstić information content (AvgIpc) is 3.03. The summed E-state index contributed by atoms with van der Waals surface area (Å²) < 4.78 is 5.38. The Hall–Kier alpha value is -2.44. The average molecular weight is 371 g/mol. The molecule has 1 atom stereocenters. The van der Waals surface area contributed by atoms with Crippen LogP contribution in [-0.2, 0) is 25.8 Å². The quantitative estimate of drug-likeness (QED) is 0.640. The summed E-state index contributed by atoms with van der Waals surface area (Å²) in [5.74, 6) is -2.02. The molecule has 0 aromatic heterocycles. The second-order valence-corrected chi connectivity index (χ2v) is 7.83. The van der Waals surface area contributed by atoms with E-state index in [0.29, 0.717) is 13.0 Å². The monoisotopic (exact) mass is 371 g/mol. The van der Waals surface area contributed by atoms with Crippen LogP contribution in [0.5, 0.6) is 0 Å². The number of rotatable bonds is 5. The van der Waals surface area contributed by atoms with Gasteiger partial charge >= 0.3 is 11.9 Å². The number of carboxylic acids is 1. The number of carbonyl (C=O) groups is 2. The van der Waals surface area contributed by atoms with Gasteiger partial charge in [-0.25, -0.2) is 9.59 Å². The molecule has 1 aliphatic rings. The van der Waals surface area contributed by atoms with E-state index in [-0.39, 0.29) is 13.0 Å². The maximum Gasteiger partial charge on any atom is 0.341 e. The van der Waals surface area contributed by atoms with Gasteiger partial charge in [0.15, 0.2) is 0 Å². The molecule has 0 aliphatic carbocycles. The number of hydrogen-bond donors (Lipinski definition) is 1. The van der Waals surface area contributed by atoms with Crippen molar-refractivity contribution >= 4 is 22.7 Å². The molecular formula is C21H25NO5. The molecule has 0 saturated carbocycles. The molecule has 0 amide bonds. The van der Waals surface area contributed by atoms with Crippen molar-refractivity contribution in [3.8, 4) is 0 Å². The van der Waals surface area contributed by atoms with Gasteiger partial charge in [0.2, 0.25) is 5.54 Å². The third-order valence-electron chi connectivity index (χ3n) is 4.62. The molecular weight excluding hydrogens is 346 g/mol. The van der Waals surface area contributed by atoms with Crippen molar-refractivity contribution in [3.63, 3.8) is 0 Å². The highest BCUT2D eigenvalue weighted by Gasteiger charge is 2.57. The summed E-state index contributed by atoms with van der Waals surface area (Å²) in [7, 11) is 0. The fourth-order valence-electron chi connectivity index (χ4n) is 3.32. The minimum absolute atomic E-state index is 0.162. The lowest BCUT2D eigenvalue weighted by Gasteiger charge is -2.34. The topological polar surface area (TPSA) is 76.1 Å². The molecule has 0 radical (unpaired) electrons. The lowest BCUT2D eigenvalue weighted by molar-refractivity contribution is -0.232. The Bertz CT molecular complexity index is 857. The summed E-state index contributed by atoms with van der Waals surface area (Å²) in [5, 5.41) is 13.3. The van der Waals surface area contributed by atoms with E-state index in [0.717, 1.165) is 16.3 Å². The zero-order chi connectivity index (χ0) is 19.7. The Labute approximate surface area is 158 Å². The van der Waals surface area contributed by atoms with Crippen molar-refractivity contribution in [2.75, 3.05) is 6.54 Å². The third kappa shape index (κ3) is 3.96.